The van der Waals surface area contributed by atoms with Crippen molar-refractivity contribution in [1.29, 1.82) is 0 Å². The lowest BCUT2D eigenvalue weighted by molar-refractivity contribution is 0.348. The minimum absolute atomic E-state index is 0.308. The maximum Gasteiger partial charge on any atom is 0.178 e. The van der Waals surface area contributed by atoms with E-state index in [9.17, 15) is 4.39 Å². The van der Waals surface area contributed by atoms with Gasteiger partial charge in [-0.15, -0.1) is 0 Å². The van der Waals surface area contributed by atoms with Crippen LogP contribution in [0.5, 0.6) is 17.2 Å². The highest BCUT2D eigenvalue weighted by molar-refractivity contribution is 5.84. The molecule has 6 heteroatoms. The van der Waals surface area contributed by atoms with Gasteiger partial charge in [0.05, 0.1) is 33.1 Å². The first kappa shape index (κ1) is 15.9. The van der Waals surface area contributed by atoms with Crippen LogP contribution in [0.2, 0.25) is 0 Å². The molecule has 3 rings (SSSR count). The Balaban J connectivity index is 2.20. The van der Waals surface area contributed by atoms with Gasteiger partial charge >= 0.3 is 0 Å². The molecule has 0 radical (unpaired) electrons. The van der Waals surface area contributed by atoms with Crippen LogP contribution < -0.4 is 14.2 Å². The number of halogens is 1. The second-order valence-corrected chi connectivity index (χ2v) is 4.99. The third-order valence-corrected chi connectivity index (χ3v) is 3.66. The van der Waals surface area contributed by atoms with Crippen LogP contribution in [0.25, 0.3) is 22.5 Å². The van der Waals surface area contributed by atoms with E-state index in [1.807, 2.05) is 0 Å². The number of hydrogen-bond donors (Lipinski definition) is 0. The summed E-state index contributed by atoms with van der Waals surface area (Å²) in [7, 11) is 4.65. The summed E-state index contributed by atoms with van der Waals surface area (Å²) in [5.74, 6) is 1.77. The molecule has 0 spiro atoms. The largest absolute Gasteiger partial charge is 0.497 e. The summed E-state index contributed by atoms with van der Waals surface area (Å²) in [4.78, 5) is 0. The van der Waals surface area contributed by atoms with E-state index < -0.39 is 0 Å². The van der Waals surface area contributed by atoms with Gasteiger partial charge in [-0.05, 0) is 23.8 Å². The zero-order valence-electron chi connectivity index (χ0n) is 13.5. The van der Waals surface area contributed by atoms with Crippen molar-refractivity contribution in [3.8, 4) is 39.7 Å². The minimum Gasteiger partial charge on any atom is -0.497 e. The fourth-order valence-electron chi connectivity index (χ4n) is 2.49. The van der Waals surface area contributed by atoms with Gasteiger partial charge in [0.25, 0.3) is 0 Å². The van der Waals surface area contributed by atoms with Crippen LogP contribution in [-0.2, 0) is 0 Å². The van der Waals surface area contributed by atoms with Gasteiger partial charge in [0, 0.05) is 11.6 Å². The van der Waals surface area contributed by atoms with Crippen LogP contribution in [0, 0.1) is 5.82 Å². The fraction of sp³-hybridized carbons (Fsp3) is 0.167. The van der Waals surface area contributed by atoms with Gasteiger partial charge in [-0.25, -0.2) is 4.39 Å². The van der Waals surface area contributed by atoms with E-state index in [4.69, 9.17) is 18.7 Å². The van der Waals surface area contributed by atoms with Gasteiger partial charge in [0.15, 0.2) is 17.3 Å². The second kappa shape index (κ2) is 6.62. The van der Waals surface area contributed by atoms with Crippen LogP contribution in [-0.4, -0.2) is 26.5 Å². The molecule has 0 bridgehead atoms. The Morgan fingerprint density at radius 3 is 2.29 bits per heavy atom. The molecular formula is C18H16FNO4. The van der Waals surface area contributed by atoms with Gasteiger partial charge in [0.1, 0.15) is 11.6 Å². The van der Waals surface area contributed by atoms with Crippen molar-refractivity contribution in [3.63, 3.8) is 0 Å². The lowest BCUT2D eigenvalue weighted by atomic mass is 10.0. The SMILES string of the molecule is COc1cc(OC)c(OC)c(-c2oncc2-c2ccc(F)cc2)c1. The van der Waals surface area contributed by atoms with Gasteiger partial charge in [-0.2, -0.15) is 0 Å². The van der Waals surface area contributed by atoms with E-state index >= 15 is 0 Å². The highest BCUT2D eigenvalue weighted by atomic mass is 19.1. The molecule has 0 unspecified atom stereocenters. The molecule has 124 valence electrons. The van der Waals surface area contributed by atoms with Crippen LogP contribution >= 0.6 is 0 Å². The Labute approximate surface area is 138 Å². The Hall–Kier alpha value is -3.02. The topological polar surface area (TPSA) is 53.7 Å². The lowest BCUT2D eigenvalue weighted by Crippen LogP contribution is -1.95. The maximum absolute atomic E-state index is 13.2. The number of nitrogens with zero attached hydrogens (tertiary/aromatic N) is 1. The Morgan fingerprint density at radius 1 is 0.917 bits per heavy atom. The zero-order chi connectivity index (χ0) is 17.1. The summed E-state index contributed by atoms with van der Waals surface area (Å²) in [6.45, 7) is 0. The van der Waals surface area contributed by atoms with Crippen LogP contribution in [0.1, 0.15) is 0 Å². The standard InChI is InChI=1S/C18H16FNO4/c1-21-13-8-14(18(23-3)16(9-13)22-2)17-15(10-20-24-17)11-4-6-12(19)7-5-11/h4-10H,1-3H3. The molecule has 0 fully saturated rings. The van der Waals surface area contributed by atoms with Crippen molar-refractivity contribution in [3.05, 3.63) is 48.4 Å². The van der Waals surface area contributed by atoms with Crippen molar-refractivity contribution in [2.24, 2.45) is 0 Å². The first-order chi connectivity index (χ1) is 11.7. The van der Waals surface area contributed by atoms with Crippen molar-refractivity contribution >= 4 is 0 Å². The normalized spacial score (nSPS) is 10.5. The minimum atomic E-state index is -0.308. The Bertz CT molecular complexity index is 843. The second-order valence-electron chi connectivity index (χ2n) is 4.99. The molecule has 1 aromatic heterocycles. The molecule has 1 heterocycles. The van der Waals surface area contributed by atoms with E-state index in [1.165, 1.54) is 12.1 Å². The molecule has 0 aliphatic rings. The van der Waals surface area contributed by atoms with E-state index in [0.717, 1.165) is 5.56 Å². The summed E-state index contributed by atoms with van der Waals surface area (Å²) in [6.07, 6.45) is 1.58. The molecule has 0 N–H and O–H groups in total. The summed E-state index contributed by atoms with van der Waals surface area (Å²) in [5.41, 5.74) is 2.12. The molecule has 0 atom stereocenters. The summed E-state index contributed by atoms with van der Waals surface area (Å²) in [6, 6.07) is 9.58. The summed E-state index contributed by atoms with van der Waals surface area (Å²) < 4.78 is 34.8. The molecule has 0 amide bonds. The number of benzene rings is 2. The number of methoxy groups -OCH3 is 3. The molecule has 2 aromatic carbocycles. The quantitative estimate of drug-likeness (QED) is 0.703. The number of aromatic nitrogens is 1. The molecule has 0 saturated heterocycles. The summed E-state index contributed by atoms with van der Waals surface area (Å²) in [5, 5.41) is 3.88. The first-order valence-corrected chi connectivity index (χ1v) is 7.19. The van der Waals surface area contributed by atoms with Gasteiger partial charge < -0.3 is 18.7 Å². The highest BCUT2D eigenvalue weighted by Crippen LogP contribution is 2.44. The van der Waals surface area contributed by atoms with E-state index in [1.54, 1.807) is 51.8 Å². The molecular weight excluding hydrogens is 313 g/mol. The maximum atomic E-state index is 13.2. The van der Waals surface area contributed by atoms with Gasteiger partial charge in [0.2, 0.25) is 0 Å². The molecule has 0 aliphatic carbocycles. The predicted octanol–water partition coefficient (Wildman–Crippen LogP) is 4.17. The van der Waals surface area contributed by atoms with Gasteiger partial charge in [-0.3, -0.25) is 0 Å². The third-order valence-electron chi connectivity index (χ3n) is 3.66. The molecule has 0 saturated carbocycles. The Kier molecular flexibility index (Phi) is 4.37. The monoisotopic (exact) mass is 329 g/mol. The number of rotatable bonds is 5. The first-order valence-electron chi connectivity index (χ1n) is 7.19. The highest BCUT2D eigenvalue weighted by Gasteiger charge is 2.21. The van der Waals surface area contributed by atoms with E-state index in [0.29, 0.717) is 34.1 Å². The average Bonchev–Trinajstić information content (AvgIpc) is 3.10. The van der Waals surface area contributed by atoms with Crippen LogP contribution in [0.4, 0.5) is 4.39 Å². The fourth-order valence-corrected chi connectivity index (χ4v) is 2.49. The third kappa shape index (κ3) is 2.78. The molecule has 0 aliphatic heterocycles. The van der Waals surface area contributed by atoms with Crippen molar-refractivity contribution < 1.29 is 23.1 Å². The number of hydrogen-bond acceptors (Lipinski definition) is 5. The van der Waals surface area contributed by atoms with E-state index in [-0.39, 0.29) is 5.82 Å². The van der Waals surface area contributed by atoms with Gasteiger partial charge in [-0.1, -0.05) is 17.3 Å². The molecule has 3 aromatic rings. The molecule has 24 heavy (non-hydrogen) atoms. The average molecular weight is 329 g/mol. The lowest BCUT2D eigenvalue weighted by Gasteiger charge is -2.14. The van der Waals surface area contributed by atoms with Crippen molar-refractivity contribution in [2.45, 2.75) is 0 Å². The predicted molar refractivity (Wildman–Crippen MR) is 87.0 cm³/mol. The Morgan fingerprint density at radius 2 is 1.67 bits per heavy atom. The van der Waals surface area contributed by atoms with Crippen molar-refractivity contribution in [1.82, 2.24) is 5.16 Å². The van der Waals surface area contributed by atoms with Crippen LogP contribution in [0.3, 0.4) is 0 Å². The van der Waals surface area contributed by atoms with E-state index in [2.05, 4.69) is 5.16 Å². The van der Waals surface area contributed by atoms with Crippen LogP contribution in [0.15, 0.2) is 47.1 Å². The smallest absolute Gasteiger partial charge is 0.178 e. The van der Waals surface area contributed by atoms with Crippen molar-refractivity contribution in [2.75, 3.05) is 21.3 Å². The molecule has 5 nitrogen and oxygen atoms in total. The summed E-state index contributed by atoms with van der Waals surface area (Å²) >= 11 is 0. The zero-order valence-corrected chi connectivity index (χ0v) is 13.5. The number of ether oxygens (including phenoxy) is 3.